The fraction of sp³-hybridized carbons (Fsp3) is 0.682. The van der Waals surface area contributed by atoms with E-state index in [0.717, 1.165) is 48.9 Å². The van der Waals surface area contributed by atoms with Gasteiger partial charge in [0, 0.05) is 17.5 Å². The molecule has 28 heavy (non-hydrogen) atoms. The number of fused-ring (bicyclic) bond motifs is 4. The Bertz CT molecular complexity index is 961. The van der Waals surface area contributed by atoms with Crippen molar-refractivity contribution in [1.82, 2.24) is 14.5 Å². The molecular formula is C22H29N3O2S. The highest BCUT2D eigenvalue weighted by Gasteiger charge is 2.35. The Balaban J connectivity index is 1.43. The highest BCUT2D eigenvalue weighted by molar-refractivity contribution is 7.18. The largest absolute Gasteiger partial charge is 0.338 e. The monoisotopic (exact) mass is 399 g/mol. The van der Waals surface area contributed by atoms with Crippen molar-refractivity contribution < 1.29 is 4.79 Å². The van der Waals surface area contributed by atoms with Crippen molar-refractivity contribution in [3.8, 4) is 0 Å². The molecule has 0 N–H and O–H groups in total. The van der Waals surface area contributed by atoms with Gasteiger partial charge in [-0.25, -0.2) is 4.98 Å². The van der Waals surface area contributed by atoms with Crippen LogP contribution in [0.4, 0.5) is 0 Å². The molecule has 3 atom stereocenters. The summed E-state index contributed by atoms with van der Waals surface area (Å²) >= 11 is 1.67. The topological polar surface area (TPSA) is 55.2 Å². The molecule has 3 aliphatic rings. The van der Waals surface area contributed by atoms with Gasteiger partial charge in [-0.05, 0) is 62.3 Å². The van der Waals surface area contributed by atoms with E-state index in [9.17, 15) is 9.59 Å². The molecule has 2 aromatic heterocycles. The first-order chi connectivity index (χ1) is 13.6. The van der Waals surface area contributed by atoms with Gasteiger partial charge in [0.25, 0.3) is 5.56 Å². The van der Waals surface area contributed by atoms with Crippen molar-refractivity contribution in [2.45, 2.75) is 77.3 Å². The fourth-order valence-corrected chi connectivity index (χ4v) is 6.99. The van der Waals surface area contributed by atoms with Crippen LogP contribution in [0.25, 0.3) is 10.2 Å². The van der Waals surface area contributed by atoms with Crippen molar-refractivity contribution in [3.05, 3.63) is 27.1 Å². The number of hydrogen-bond acceptors (Lipinski definition) is 4. The van der Waals surface area contributed by atoms with E-state index in [1.165, 1.54) is 36.1 Å². The molecule has 1 saturated carbocycles. The molecule has 2 fully saturated rings. The Kier molecular flexibility index (Phi) is 4.77. The first kappa shape index (κ1) is 18.3. The van der Waals surface area contributed by atoms with Crippen molar-refractivity contribution in [1.29, 1.82) is 0 Å². The van der Waals surface area contributed by atoms with Crippen LogP contribution < -0.4 is 5.56 Å². The number of likely N-dealkylation sites (tertiary alicyclic amines) is 1. The van der Waals surface area contributed by atoms with Crippen molar-refractivity contribution >= 4 is 27.5 Å². The second-order valence-electron chi connectivity index (χ2n) is 9.05. The molecule has 0 unspecified atom stereocenters. The van der Waals surface area contributed by atoms with Gasteiger partial charge in [0.15, 0.2) is 0 Å². The number of piperidine rings is 1. The molecule has 2 aromatic rings. The number of carbonyl (C=O) groups is 1. The molecule has 6 heteroatoms. The third-order valence-corrected chi connectivity index (χ3v) is 8.31. The fourth-order valence-electron chi connectivity index (χ4n) is 5.65. The molecule has 3 heterocycles. The Morgan fingerprint density at radius 2 is 2.04 bits per heavy atom. The lowest BCUT2D eigenvalue weighted by Gasteiger charge is -2.44. The Morgan fingerprint density at radius 3 is 2.93 bits per heavy atom. The minimum atomic E-state index is -0.0254. The molecule has 2 aliphatic carbocycles. The van der Waals surface area contributed by atoms with Gasteiger partial charge in [0.1, 0.15) is 11.4 Å². The molecule has 1 amide bonds. The van der Waals surface area contributed by atoms with E-state index in [1.54, 1.807) is 22.2 Å². The van der Waals surface area contributed by atoms with E-state index in [2.05, 4.69) is 16.8 Å². The Hall–Kier alpha value is -1.69. The van der Waals surface area contributed by atoms with Crippen LogP contribution in [0.3, 0.4) is 0 Å². The smallest absolute Gasteiger partial charge is 0.262 e. The molecule has 1 saturated heterocycles. The first-order valence-corrected chi connectivity index (χ1v) is 11.7. The van der Waals surface area contributed by atoms with Gasteiger partial charge in [0.2, 0.25) is 5.91 Å². The zero-order chi connectivity index (χ0) is 19.3. The van der Waals surface area contributed by atoms with Crippen molar-refractivity contribution in [3.63, 3.8) is 0 Å². The van der Waals surface area contributed by atoms with Crippen LogP contribution in [0.1, 0.15) is 62.3 Å². The van der Waals surface area contributed by atoms with E-state index in [-0.39, 0.29) is 18.0 Å². The number of carbonyl (C=O) groups excluding carboxylic acids is 1. The van der Waals surface area contributed by atoms with Gasteiger partial charge in [-0.15, -0.1) is 11.3 Å². The highest BCUT2D eigenvalue weighted by Crippen LogP contribution is 2.36. The zero-order valence-corrected chi connectivity index (χ0v) is 17.5. The third-order valence-electron chi connectivity index (χ3n) is 7.15. The Labute approximate surface area is 169 Å². The van der Waals surface area contributed by atoms with Crippen LogP contribution in [0, 0.1) is 11.8 Å². The quantitative estimate of drug-likeness (QED) is 0.773. The molecule has 5 nitrogen and oxygen atoms in total. The lowest BCUT2D eigenvalue weighted by Crippen LogP contribution is -2.51. The summed E-state index contributed by atoms with van der Waals surface area (Å²) in [7, 11) is 0. The molecule has 5 rings (SSSR count). The van der Waals surface area contributed by atoms with Crippen LogP contribution >= 0.6 is 11.3 Å². The van der Waals surface area contributed by atoms with Gasteiger partial charge < -0.3 is 4.90 Å². The van der Waals surface area contributed by atoms with Crippen LogP contribution in [0.2, 0.25) is 0 Å². The van der Waals surface area contributed by atoms with Crippen molar-refractivity contribution in [2.24, 2.45) is 11.8 Å². The molecule has 0 bridgehead atoms. The van der Waals surface area contributed by atoms with Crippen LogP contribution in [0.15, 0.2) is 11.1 Å². The second-order valence-corrected chi connectivity index (χ2v) is 10.1. The van der Waals surface area contributed by atoms with Crippen LogP contribution in [-0.4, -0.2) is 32.9 Å². The molecule has 0 radical (unpaired) electrons. The van der Waals surface area contributed by atoms with Gasteiger partial charge in [-0.3, -0.25) is 14.2 Å². The minimum absolute atomic E-state index is 0.0254. The summed E-state index contributed by atoms with van der Waals surface area (Å²) in [5.74, 6) is 1.43. The molecule has 150 valence electrons. The average Bonchev–Trinajstić information content (AvgIpc) is 3.07. The second kappa shape index (κ2) is 7.29. The third kappa shape index (κ3) is 3.10. The summed E-state index contributed by atoms with van der Waals surface area (Å²) in [6.45, 7) is 3.25. The van der Waals surface area contributed by atoms with E-state index in [4.69, 9.17) is 0 Å². The number of nitrogens with zero attached hydrogens (tertiary/aromatic N) is 3. The van der Waals surface area contributed by atoms with E-state index >= 15 is 0 Å². The number of aryl methyl sites for hydroxylation is 1. The maximum absolute atomic E-state index is 13.2. The summed E-state index contributed by atoms with van der Waals surface area (Å²) in [5, 5.41) is 0.774. The van der Waals surface area contributed by atoms with E-state index in [1.807, 2.05) is 0 Å². The summed E-state index contributed by atoms with van der Waals surface area (Å²) in [6.07, 6.45) is 12.0. The zero-order valence-electron chi connectivity index (χ0n) is 16.7. The molecular weight excluding hydrogens is 370 g/mol. The van der Waals surface area contributed by atoms with Gasteiger partial charge in [-0.2, -0.15) is 0 Å². The van der Waals surface area contributed by atoms with Crippen molar-refractivity contribution in [2.75, 3.05) is 6.54 Å². The minimum Gasteiger partial charge on any atom is -0.338 e. The average molecular weight is 400 g/mol. The summed E-state index contributed by atoms with van der Waals surface area (Å²) in [5.41, 5.74) is 1.17. The lowest BCUT2D eigenvalue weighted by atomic mass is 9.78. The van der Waals surface area contributed by atoms with Gasteiger partial charge in [-0.1, -0.05) is 19.8 Å². The number of thiophene rings is 1. The standard InChI is InChI=1S/C22H29N3O2S/c1-14-8-9-16-18(11-14)28-21-20(16)22(27)24(13-23-21)12-19(26)25-10-4-6-15-5-2-3-7-17(15)25/h13-15,17H,2-12H2,1H3/t14-,15-,17-/m0/s1. The van der Waals surface area contributed by atoms with Gasteiger partial charge >= 0.3 is 0 Å². The maximum atomic E-state index is 13.2. The molecule has 0 spiro atoms. The van der Waals surface area contributed by atoms with Crippen LogP contribution in [-0.2, 0) is 24.2 Å². The van der Waals surface area contributed by atoms with Gasteiger partial charge in [0.05, 0.1) is 11.7 Å². The number of rotatable bonds is 2. The number of amides is 1. The normalized spacial score (nSPS) is 27.5. The Morgan fingerprint density at radius 1 is 1.21 bits per heavy atom. The van der Waals surface area contributed by atoms with E-state index < -0.39 is 0 Å². The predicted octanol–water partition coefficient (Wildman–Crippen LogP) is 3.76. The summed E-state index contributed by atoms with van der Waals surface area (Å²) < 4.78 is 1.56. The first-order valence-electron chi connectivity index (χ1n) is 10.9. The van der Waals surface area contributed by atoms with Crippen LogP contribution in [0.5, 0.6) is 0 Å². The van der Waals surface area contributed by atoms with E-state index in [0.29, 0.717) is 17.9 Å². The SMILES string of the molecule is C[C@H]1CCc2c(sc3ncn(CC(=O)N4CCC[C@@H]5CCCC[C@@H]54)c(=O)c23)C1. The lowest BCUT2D eigenvalue weighted by molar-refractivity contribution is -0.138. The highest BCUT2D eigenvalue weighted by atomic mass is 32.1. The molecule has 0 aromatic carbocycles. The number of aromatic nitrogens is 2. The molecule has 1 aliphatic heterocycles. The predicted molar refractivity (Wildman–Crippen MR) is 112 cm³/mol. The number of hydrogen-bond donors (Lipinski definition) is 0. The maximum Gasteiger partial charge on any atom is 0.262 e. The summed E-state index contributed by atoms with van der Waals surface area (Å²) in [6, 6.07) is 0.387. The summed E-state index contributed by atoms with van der Waals surface area (Å²) in [4.78, 5) is 35.1.